The summed E-state index contributed by atoms with van der Waals surface area (Å²) < 4.78 is 28.1. The van der Waals surface area contributed by atoms with E-state index in [9.17, 15) is 13.2 Å². The van der Waals surface area contributed by atoms with Gasteiger partial charge in [0.2, 0.25) is 0 Å². The minimum atomic E-state index is -3.02. The number of carbonyl (C=O) groups excluding carboxylic acids is 1. The first-order chi connectivity index (χ1) is 10.4. The van der Waals surface area contributed by atoms with Gasteiger partial charge in [0.25, 0.3) is 0 Å². The van der Waals surface area contributed by atoms with Gasteiger partial charge in [0.1, 0.15) is 5.75 Å². The topological polar surface area (TPSA) is 84.5 Å². The summed E-state index contributed by atoms with van der Waals surface area (Å²) in [7, 11) is -3.02. The third-order valence-electron chi connectivity index (χ3n) is 3.22. The van der Waals surface area contributed by atoms with Crippen molar-refractivity contribution in [2.75, 3.05) is 23.4 Å². The molecule has 1 aromatic carbocycles. The van der Waals surface area contributed by atoms with Crippen molar-refractivity contribution >= 4 is 33.2 Å². The van der Waals surface area contributed by atoms with Gasteiger partial charge in [0.15, 0.2) is 9.84 Å². The fourth-order valence-corrected chi connectivity index (χ4v) is 4.08. The number of carbonyl (C=O) groups is 1. The highest BCUT2D eigenvalue weighted by Crippen LogP contribution is 2.27. The number of halogens is 1. The van der Waals surface area contributed by atoms with Crippen LogP contribution in [-0.2, 0) is 9.84 Å². The zero-order chi connectivity index (χ0) is 16.2. The van der Waals surface area contributed by atoms with Crippen LogP contribution in [0.15, 0.2) is 18.2 Å². The highest BCUT2D eigenvalue weighted by atomic mass is 35.5. The van der Waals surface area contributed by atoms with Gasteiger partial charge >= 0.3 is 6.03 Å². The molecule has 0 aromatic heterocycles. The van der Waals surface area contributed by atoms with Crippen LogP contribution in [0.3, 0.4) is 0 Å². The number of hydrogen-bond acceptors (Lipinski definition) is 4. The quantitative estimate of drug-likeness (QED) is 0.857. The Bertz CT molecular complexity index is 648. The molecule has 8 heteroatoms. The summed E-state index contributed by atoms with van der Waals surface area (Å²) >= 11 is 6.08. The lowest BCUT2D eigenvalue weighted by Gasteiger charge is -2.13. The number of amides is 2. The lowest BCUT2D eigenvalue weighted by atomic mass is 10.2. The normalized spacial score (nSPS) is 19.6. The average Bonchev–Trinajstić information content (AvgIpc) is 2.77. The van der Waals surface area contributed by atoms with Gasteiger partial charge < -0.3 is 15.4 Å². The van der Waals surface area contributed by atoms with Crippen molar-refractivity contribution in [1.82, 2.24) is 5.32 Å². The molecule has 1 saturated heterocycles. The molecule has 1 aliphatic heterocycles. The van der Waals surface area contributed by atoms with Crippen molar-refractivity contribution < 1.29 is 17.9 Å². The Balaban J connectivity index is 1.90. The van der Waals surface area contributed by atoms with Crippen molar-refractivity contribution in [3.63, 3.8) is 0 Å². The molecule has 2 amide bonds. The van der Waals surface area contributed by atoms with Gasteiger partial charge in [-0.05, 0) is 31.0 Å². The molecule has 1 fully saturated rings. The summed E-state index contributed by atoms with van der Waals surface area (Å²) in [6.45, 7) is 2.57. The second-order valence-corrected chi connectivity index (χ2v) is 7.83. The molecule has 1 aromatic rings. The van der Waals surface area contributed by atoms with Crippen LogP contribution in [0.25, 0.3) is 0 Å². The van der Waals surface area contributed by atoms with Crippen molar-refractivity contribution in [2.45, 2.75) is 25.8 Å². The number of nitrogens with one attached hydrogen (secondary N) is 2. The maximum Gasteiger partial charge on any atom is 0.319 e. The van der Waals surface area contributed by atoms with Gasteiger partial charge in [-0.2, -0.15) is 0 Å². The van der Waals surface area contributed by atoms with Crippen LogP contribution in [0.4, 0.5) is 10.5 Å². The Morgan fingerprint density at radius 2 is 2.23 bits per heavy atom. The Hall–Kier alpha value is -1.47. The number of hydrogen-bond donors (Lipinski definition) is 2. The van der Waals surface area contributed by atoms with Crippen molar-refractivity contribution in [1.29, 1.82) is 0 Å². The first-order valence-corrected chi connectivity index (χ1v) is 9.30. The van der Waals surface area contributed by atoms with E-state index in [1.807, 2.05) is 6.92 Å². The van der Waals surface area contributed by atoms with Gasteiger partial charge in [0, 0.05) is 11.7 Å². The van der Waals surface area contributed by atoms with Crippen LogP contribution >= 0.6 is 11.6 Å². The number of benzene rings is 1. The first kappa shape index (κ1) is 16.9. The minimum Gasteiger partial charge on any atom is -0.492 e. The van der Waals surface area contributed by atoms with Crippen LogP contribution in [0, 0.1) is 0 Å². The fraction of sp³-hybridized carbons (Fsp3) is 0.500. The van der Waals surface area contributed by atoms with Gasteiger partial charge in [-0.15, -0.1) is 0 Å². The second-order valence-electron chi connectivity index (χ2n) is 5.19. The first-order valence-electron chi connectivity index (χ1n) is 7.10. The Morgan fingerprint density at radius 1 is 1.45 bits per heavy atom. The van der Waals surface area contributed by atoms with Crippen LogP contribution in [0.5, 0.6) is 5.75 Å². The van der Waals surface area contributed by atoms with Crippen LogP contribution in [0.2, 0.25) is 5.02 Å². The van der Waals surface area contributed by atoms with E-state index in [-0.39, 0.29) is 17.5 Å². The van der Waals surface area contributed by atoms with Gasteiger partial charge in [-0.1, -0.05) is 18.5 Å². The highest BCUT2D eigenvalue weighted by Gasteiger charge is 2.28. The monoisotopic (exact) mass is 346 g/mol. The summed E-state index contributed by atoms with van der Waals surface area (Å²) in [6.07, 6.45) is 1.32. The maximum absolute atomic E-state index is 11.9. The molecule has 0 bridgehead atoms. The van der Waals surface area contributed by atoms with Gasteiger partial charge in [-0.25, -0.2) is 13.2 Å². The predicted octanol–water partition coefficient (Wildman–Crippen LogP) is 2.44. The number of anilines is 1. The summed E-state index contributed by atoms with van der Waals surface area (Å²) in [6, 6.07) is 4.18. The van der Waals surface area contributed by atoms with Gasteiger partial charge in [-0.3, -0.25) is 0 Å². The maximum atomic E-state index is 11.9. The molecule has 1 heterocycles. The summed E-state index contributed by atoms with van der Waals surface area (Å²) in [5.41, 5.74) is 0.521. The van der Waals surface area contributed by atoms with E-state index in [2.05, 4.69) is 10.6 Å². The molecule has 122 valence electrons. The number of sulfone groups is 1. The second kappa shape index (κ2) is 7.19. The number of rotatable bonds is 5. The molecule has 0 spiro atoms. The Kier molecular flexibility index (Phi) is 5.52. The molecular weight excluding hydrogens is 328 g/mol. The minimum absolute atomic E-state index is 0.00896. The van der Waals surface area contributed by atoms with Crippen LogP contribution in [-0.4, -0.2) is 38.6 Å². The summed E-state index contributed by atoms with van der Waals surface area (Å²) in [5.74, 6) is 0.675. The molecule has 6 nitrogen and oxygen atoms in total. The van der Waals surface area contributed by atoms with Crippen LogP contribution in [0.1, 0.15) is 19.8 Å². The predicted molar refractivity (Wildman–Crippen MR) is 86.5 cm³/mol. The van der Waals surface area contributed by atoms with Crippen LogP contribution < -0.4 is 15.4 Å². The van der Waals surface area contributed by atoms with E-state index in [4.69, 9.17) is 16.3 Å². The SMILES string of the molecule is CCCOc1ccc(NC(=O)NC2CCS(=O)(=O)C2)cc1Cl. The highest BCUT2D eigenvalue weighted by molar-refractivity contribution is 7.91. The molecule has 0 radical (unpaired) electrons. The van der Waals surface area contributed by atoms with E-state index >= 15 is 0 Å². The molecule has 1 unspecified atom stereocenters. The van der Waals surface area contributed by atoms with Crippen molar-refractivity contribution in [2.24, 2.45) is 0 Å². The lowest BCUT2D eigenvalue weighted by Crippen LogP contribution is -2.38. The van der Waals surface area contributed by atoms with E-state index in [1.54, 1.807) is 18.2 Å². The molecule has 2 rings (SSSR count). The van der Waals surface area contributed by atoms with E-state index in [1.165, 1.54) is 0 Å². The Morgan fingerprint density at radius 3 is 2.82 bits per heavy atom. The zero-order valence-corrected chi connectivity index (χ0v) is 13.8. The third kappa shape index (κ3) is 4.78. The number of ether oxygens (including phenoxy) is 1. The summed E-state index contributed by atoms with van der Waals surface area (Å²) in [4.78, 5) is 11.9. The van der Waals surface area contributed by atoms with Crippen molar-refractivity contribution in [3.8, 4) is 5.75 Å². The zero-order valence-electron chi connectivity index (χ0n) is 12.3. The molecular formula is C14H19ClN2O4S. The lowest BCUT2D eigenvalue weighted by molar-refractivity contribution is 0.249. The number of urea groups is 1. The van der Waals surface area contributed by atoms with E-state index in [0.29, 0.717) is 29.5 Å². The molecule has 0 aliphatic carbocycles. The average molecular weight is 347 g/mol. The molecule has 1 aliphatic rings. The largest absolute Gasteiger partial charge is 0.492 e. The molecule has 2 N–H and O–H groups in total. The molecule has 0 saturated carbocycles. The smallest absolute Gasteiger partial charge is 0.319 e. The van der Waals surface area contributed by atoms with Gasteiger partial charge in [0.05, 0.1) is 23.1 Å². The van der Waals surface area contributed by atoms with E-state index < -0.39 is 15.9 Å². The Labute approximate surface area is 135 Å². The standard InChI is InChI=1S/C14H19ClN2O4S/c1-2-6-21-13-4-3-10(8-12(13)15)16-14(18)17-11-5-7-22(19,20)9-11/h3-4,8,11H,2,5-7,9H2,1H3,(H2,16,17,18). The van der Waals surface area contributed by atoms with E-state index in [0.717, 1.165) is 6.42 Å². The molecule has 1 atom stereocenters. The van der Waals surface area contributed by atoms with Crippen molar-refractivity contribution in [3.05, 3.63) is 23.2 Å². The fourth-order valence-electron chi connectivity index (χ4n) is 2.17. The third-order valence-corrected chi connectivity index (χ3v) is 5.28. The molecule has 22 heavy (non-hydrogen) atoms. The summed E-state index contributed by atoms with van der Waals surface area (Å²) in [5, 5.41) is 5.69.